The van der Waals surface area contributed by atoms with Gasteiger partial charge < -0.3 is 14.6 Å². The molecular formula is C12H21NO3. The third kappa shape index (κ3) is 2.12. The molecule has 1 unspecified atom stereocenters. The minimum Gasteiger partial charge on any atom is -0.392 e. The number of hydrogen-bond acceptors (Lipinski definition) is 4. The van der Waals surface area contributed by atoms with Crippen LogP contribution in [0.3, 0.4) is 0 Å². The van der Waals surface area contributed by atoms with Gasteiger partial charge in [-0.3, -0.25) is 4.90 Å². The van der Waals surface area contributed by atoms with E-state index >= 15 is 0 Å². The lowest BCUT2D eigenvalue weighted by Gasteiger charge is -2.23. The van der Waals surface area contributed by atoms with Gasteiger partial charge in [0.1, 0.15) is 0 Å². The molecule has 1 N–H and O–H groups in total. The van der Waals surface area contributed by atoms with E-state index in [9.17, 15) is 5.11 Å². The van der Waals surface area contributed by atoms with Gasteiger partial charge in [-0.15, -0.1) is 0 Å². The Balaban J connectivity index is 1.50. The monoisotopic (exact) mass is 227 g/mol. The molecule has 4 heteroatoms. The molecule has 0 aromatic rings. The van der Waals surface area contributed by atoms with Crippen molar-refractivity contribution in [1.82, 2.24) is 4.90 Å². The zero-order chi connectivity index (χ0) is 11.0. The first-order valence-corrected chi connectivity index (χ1v) is 6.48. The van der Waals surface area contributed by atoms with Crippen molar-refractivity contribution in [2.45, 2.75) is 50.1 Å². The minimum atomic E-state index is -0.233. The lowest BCUT2D eigenvalue weighted by Crippen LogP contribution is -2.34. The number of nitrogens with zero attached hydrogens (tertiary/aromatic N) is 1. The Morgan fingerprint density at radius 2 is 2.12 bits per heavy atom. The number of aliphatic hydroxyl groups is 1. The van der Waals surface area contributed by atoms with Gasteiger partial charge in [-0.05, 0) is 19.3 Å². The van der Waals surface area contributed by atoms with Crippen LogP contribution in [0.5, 0.6) is 0 Å². The SMILES string of the molecule is O[C@H]1CCN(CC2COC3(CCCC3)O2)C1. The highest BCUT2D eigenvalue weighted by atomic mass is 16.7. The van der Waals surface area contributed by atoms with E-state index in [2.05, 4.69) is 4.90 Å². The molecule has 0 aromatic carbocycles. The van der Waals surface area contributed by atoms with E-state index in [0.717, 1.165) is 45.5 Å². The Morgan fingerprint density at radius 1 is 1.31 bits per heavy atom. The Hall–Kier alpha value is -0.160. The van der Waals surface area contributed by atoms with Crippen molar-refractivity contribution < 1.29 is 14.6 Å². The van der Waals surface area contributed by atoms with Crippen LogP contribution < -0.4 is 0 Å². The van der Waals surface area contributed by atoms with Crippen molar-refractivity contribution in [2.24, 2.45) is 0 Å². The lowest BCUT2D eigenvalue weighted by molar-refractivity contribution is -0.163. The summed E-state index contributed by atoms with van der Waals surface area (Å²) in [4.78, 5) is 2.28. The van der Waals surface area contributed by atoms with E-state index in [1.807, 2.05) is 0 Å². The van der Waals surface area contributed by atoms with E-state index in [1.54, 1.807) is 0 Å². The number of hydrogen-bond donors (Lipinski definition) is 1. The van der Waals surface area contributed by atoms with Crippen LogP contribution in [0, 0.1) is 0 Å². The van der Waals surface area contributed by atoms with Crippen LogP contribution in [0.4, 0.5) is 0 Å². The molecule has 4 nitrogen and oxygen atoms in total. The van der Waals surface area contributed by atoms with E-state index in [4.69, 9.17) is 9.47 Å². The molecule has 2 aliphatic heterocycles. The maximum atomic E-state index is 9.46. The van der Waals surface area contributed by atoms with Crippen LogP contribution in [0.1, 0.15) is 32.1 Å². The molecule has 3 rings (SSSR count). The van der Waals surface area contributed by atoms with Gasteiger partial charge in [0.05, 0.1) is 18.8 Å². The molecule has 0 radical (unpaired) electrons. The predicted molar refractivity (Wildman–Crippen MR) is 59.1 cm³/mol. The average molecular weight is 227 g/mol. The van der Waals surface area contributed by atoms with Gasteiger partial charge in [0, 0.05) is 32.5 Å². The third-order valence-electron chi connectivity index (χ3n) is 3.99. The highest BCUT2D eigenvalue weighted by Crippen LogP contribution is 2.39. The summed E-state index contributed by atoms with van der Waals surface area (Å²) in [6, 6.07) is 0. The minimum absolute atomic E-state index is 0.136. The Kier molecular flexibility index (Phi) is 2.92. The van der Waals surface area contributed by atoms with E-state index in [-0.39, 0.29) is 18.0 Å². The summed E-state index contributed by atoms with van der Waals surface area (Å²) >= 11 is 0. The zero-order valence-corrected chi connectivity index (χ0v) is 9.73. The van der Waals surface area contributed by atoms with Gasteiger partial charge in [-0.2, -0.15) is 0 Å². The fraction of sp³-hybridized carbons (Fsp3) is 1.00. The molecule has 3 fully saturated rings. The van der Waals surface area contributed by atoms with Gasteiger partial charge in [0.25, 0.3) is 0 Å². The van der Waals surface area contributed by atoms with Gasteiger partial charge >= 0.3 is 0 Å². The molecule has 0 aromatic heterocycles. The first kappa shape index (κ1) is 11.0. The standard InChI is InChI=1S/C12H21NO3/c14-10-3-6-13(7-10)8-11-9-15-12(16-11)4-1-2-5-12/h10-11,14H,1-9H2/t10-,11?/m0/s1. The molecule has 1 saturated carbocycles. The number of ether oxygens (including phenoxy) is 2. The van der Waals surface area contributed by atoms with Crippen molar-refractivity contribution in [1.29, 1.82) is 0 Å². The van der Waals surface area contributed by atoms with E-state index in [1.165, 1.54) is 12.8 Å². The topological polar surface area (TPSA) is 41.9 Å². The van der Waals surface area contributed by atoms with Crippen molar-refractivity contribution in [3.63, 3.8) is 0 Å². The lowest BCUT2D eigenvalue weighted by atomic mass is 10.2. The summed E-state index contributed by atoms with van der Waals surface area (Å²) in [7, 11) is 0. The molecule has 16 heavy (non-hydrogen) atoms. The summed E-state index contributed by atoms with van der Waals surface area (Å²) in [5.41, 5.74) is 0. The van der Waals surface area contributed by atoms with E-state index < -0.39 is 0 Å². The second kappa shape index (κ2) is 4.26. The molecule has 2 heterocycles. The van der Waals surface area contributed by atoms with Crippen molar-refractivity contribution in [3.8, 4) is 0 Å². The molecule has 1 aliphatic carbocycles. The molecule has 2 saturated heterocycles. The highest BCUT2D eigenvalue weighted by Gasteiger charge is 2.44. The van der Waals surface area contributed by atoms with Crippen LogP contribution in [0.25, 0.3) is 0 Å². The molecule has 3 aliphatic rings. The van der Waals surface area contributed by atoms with Crippen LogP contribution in [0.15, 0.2) is 0 Å². The fourth-order valence-electron chi connectivity index (χ4n) is 3.15. The summed E-state index contributed by atoms with van der Waals surface area (Å²) in [5, 5.41) is 9.46. The summed E-state index contributed by atoms with van der Waals surface area (Å²) < 4.78 is 11.9. The first-order valence-electron chi connectivity index (χ1n) is 6.48. The molecule has 92 valence electrons. The fourth-order valence-corrected chi connectivity index (χ4v) is 3.15. The summed E-state index contributed by atoms with van der Waals surface area (Å²) in [6.07, 6.45) is 5.56. The van der Waals surface area contributed by atoms with Crippen LogP contribution in [-0.2, 0) is 9.47 Å². The Morgan fingerprint density at radius 3 is 2.81 bits per heavy atom. The van der Waals surface area contributed by atoms with Gasteiger partial charge in [0.2, 0.25) is 0 Å². The largest absolute Gasteiger partial charge is 0.392 e. The molecular weight excluding hydrogens is 206 g/mol. The number of rotatable bonds is 2. The first-order chi connectivity index (χ1) is 7.76. The molecule has 1 spiro atoms. The number of aliphatic hydroxyl groups excluding tert-OH is 1. The predicted octanol–water partition coefficient (Wildman–Crippen LogP) is 0.739. The van der Waals surface area contributed by atoms with Gasteiger partial charge in [-0.25, -0.2) is 0 Å². The van der Waals surface area contributed by atoms with Crippen molar-refractivity contribution >= 4 is 0 Å². The summed E-state index contributed by atoms with van der Waals surface area (Å²) in [5.74, 6) is -0.233. The van der Waals surface area contributed by atoms with Gasteiger partial charge in [-0.1, -0.05) is 0 Å². The average Bonchev–Trinajstić information content (AvgIpc) is 2.94. The molecule has 0 amide bonds. The van der Waals surface area contributed by atoms with Crippen molar-refractivity contribution in [2.75, 3.05) is 26.2 Å². The molecule has 0 bridgehead atoms. The number of likely N-dealkylation sites (tertiary alicyclic amines) is 1. The Bertz CT molecular complexity index is 253. The smallest absolute Gasteiger partial charge is 0.168 e. The maximum absolute atomic E-state index is 9.46. The number of β-amino-alcohol motifs (C(OH)–C–C–N with tert-alkyl or cyclic N) is 1. The normalized spacial score (nSPS) is 38.8. The van der Waals surface area contributed by atoms with Gasteiger partial charge in [0.15, 0.2) is 5.79 Å². The Labute approximate surface area is 96.5 Å². The van der Waals surface area contributed by atoms with Crippen LogP contribution in [0.2, 0.25) is 0 Å². The third-order valence-corrected chi connectivity index (χ3v) is 3.99. The second-order valence-corrected chi connectivity index (χ2v) is 5.37. The van der Waals surface area contributed by atoms with Crippen LogP contribution in [-0.4, -0.2) is 54.2 Å². The zero-order valence-electron chi connectivity index (χ0n) is 9.73. The maximum Gasteiger partial charge on any atom is 0.168 e. The second-order valence-electron chi connectivity index (χ2n) is 5.37. The molecule has 2 atom stereocenters. The summed E-state index contributed by atoms with van der Waals surface area (Å²) in [6.45, 7) is 3.44. The van der Waals surface area contributed by atoms with Crippen LogP contribution >= 0.6 is 0 Å². The van der Waals surface area contributed by atoms with Crippen molar-refractivity contribution in [3.05, 3.63) is 0 Å². The quantitative estimate of drug-likeness (QED) is 0.755. The van der Waals surface area contributed by atoms with E-state index in [0.29, 0.717) is 0 Å². The highest BCUT2D eigenvalue weighted by molar-refractivity contribution is 4.86.